The maximum Gasteiger partial charge on any atom is 0.494 e. The topological polar surface area (TPSA) is 130 Å². The van der Waals surface area contributed by atoms with Crippen LogP contribution in [0, 0.1) is 0 Å². The van der Waals surface area contributed by atoms with E-state index in [9.17, 15) is 9.13 Å². The van der Waals surface area contributed by atoms with E-state index >= 15 is 0 Å². The van der Waals surface area contributed by atoms with Gasteiger partial charge in [-0.3, -0.25) is 0 Å². The minimum absolute atomic E-state index is 0.359. The highest BCUT2D eigenvalue weighted by Gasteiger charge is 2.52. The Morgan fingerprint density at radius 3 is 0.709 bits per heavy atom. The summed E-state index contributed by atoms with van der Waals surface area (Å²) in [6.45, 7) is 8.28. The van der Waals surface area contributed by atoms with Gasteiger partial charge in [0.05, 0.1) is 11.2 Å². The van der Waals surface area contributed by atoms with E-state index in [2.05, 4.69) is 177 Å². The van der Waals surface area contributed by atoms with E-state index in [1.807, 2.05) is 231 Å². The van der Waals surface area contributed by atoms with Crippen molar-refractivity contribution in [3.8, 4) is 124 Å². The van der Waals surface area contributed by atoms with Gasteiger partial charge in [-0.1, -0.05) is 356 Å². The molecule has 10 nitrogen and oxygen atoms in total. The standard InChI is InChI=1S/C45H30N3OP.C33H30BN3O2.C18H12BrOP/c49-50(41-17-9-7-15-39(41)40-16-8-10-18-42(40)50)38-29-27-34(28-30-38)32-21-19-31(20-22-32)33-23-25-37(26-24-33)45-47-43(35-11-3-1-4-12-35)46-44(48-45)36-13-5-2-6-14-36;1-32(2)33(3,4)39-34(38-32)28-21-19-24(20-22-28)23-15-17-27(18-16-23)31-36-29(25-11-7-5-8-12-25)35-30(37-31)26-13-9-6-10-14-26;19-13-9-11-14(12-10-13)21(20)17-7-3-1-5-15(17)16-6-2-4-8-18(16)21/h1-30H;5-22H,1-4H3;1-12H. The van der Waals surface area contributed by atoms with E-state index in [1.54, 1.807) is 0 Å². The molecule has 0 unspecified atom stereocenters. The molecular formula is C96H72BBrN6O4P2. The van der Waals surface area contributed by atoms with Crippen molar-refractivity contribution >= 4 is 74.6 Å². The van der Waals surface area contributed by atoms with Gasteiger partial charge in [0.1, 0.15) is 0 Å². The van der Waals surface area contributed by atoms with Gasteiger partial charge in [0.2, 0.25) is 0 Å². The highest BCUT2D eigenvalue weighted by Crippen LogP contribution is 2.54. The fourth-order valence-electron chi connectivity index (χ4n) is 14.4. The molecule has 3 aliphatic heterocycles. The van der Waals surface area contributed by atoms with E-state index in [-0.39, 0.29) is 18.3 Å². The fraction of sp³-hybridized carbons (Fsp3) is 0.0625. The number of nitrogens with zero attached hydrogens (tertiary/aromatic N) is 6. The Hall–Kier alpha value is -12.0. The van der Waals surface area contributed by atoms with E-state index in [1.165, 1.54) is 0 Å². The van der Waals surface area contributed by atoms with Crippen molar-refractivity contribution in [2.75, 3.05) is 0 Å². The van der Waals surface area contributed by atoms with Gasteiger partial charge in [-0.2, -0.15) is 0 Å². The summed E-state index contributed by atoms with van der Waals surface area (Å²) >= 11 is 3.45. The zero-order valence-corrected chi connectivity index (χ0v) is 64.2. The molecule has 0 atom stereocenters. The highest BCUT2D eigenvalue weighted by molar-refractivity contribution is 9.10. The molecule has 0 radical (unpaired) electrons. The second-order valence-electron chi connectivity index (χ2n) is 28.3. The van der Waals surface area contributed by atoms with E-state index in [0.29, 0.717) is 34.9 Å². The third-order valence-corrected chi connectivity index (χ3v) is 27.8. The molecule has 14 heteroatoms. The predicted octanol–water partition coefficient (Wildman–Crippen LogP) is 20.7. The van der Waals surface area contributed by atoms with Crippen molar-refractivity contribution in [2.45, 2.75) is 38.9 Å². The largest absolute Gasteiger partial charge is 0.494 e. The van der Waals surface area contributed by atoms with Crippen LogP contribution < -0.4 is 37.3 Å². The van der Waals surface area contributed by atoms with Gasteiger partial charge < -0.3 is 18.4 Å². The number of halogens is 1. The molecule has 0 bridgehead atoms. The van der Waals surface area contributed by atoms with Crippen LogP contribution in [-0.4, -0.2) is 48.2 Å². The van der Waals surface area contributed by atoms with Gasteiger partial charge in [-0.15, -0.1) is 0 Å². The summed E-state index contributed by atoms with van der Waals surface area (Å²) in [4.78, 5) is 29.0. The highest BCUT2D eigenvalue weighted by atomic mass is 79.9. The van der Waals surface area contributed by atoms with Crippen molar-refractivity contribution < 1.29 is 18.4 Å². The van der Waals surface area contributed by atoms with Gasteiger partial charge in [0, 0.05) is 69.7 Å². The van der Waals surface area contributed by atoms with Gasteiger partial charge in [0.25, 0.3) is 0 Å². The number of benzene rings is 14. The van der Waals surface area contributed by atoms with Gasteiger partial charge in [-0.25, -0.2) is 29.9 Å². The zero-order valence-electron chi connectivity index (χ0n) is 60.8. The molecule has 16 aromatic rings. The van der Waals surface area contributed by atoms with Gasteiger partial charge in [0.15, 0.2) is 49.2 Å². The van der Waals surface area contributed by atoms with Crippen LogP contribution in [0.4, 0.5) is 0 Å². The lowest BCUT2D eigenvalue weighted by molar-refractivity contribution is 0.00578. The van der Waals surface area contributed by atoms with Crippen molar-refractivity contribution in [1.82, 2.24) is 29.9 Å². The molecule has 0 N–H and O–H groups in total. The quantitative estimate of drug-likeness (QED) is 0.0861. The molecule has 5 heterocycles. The summed E-state index contributed by atoms with van der Waals surface area (Å²) < 4.78 is 42.1. The molecule has 1 fully saturated rings. The summed E-state index contributed by atoms with van der Waals surface area (Å²) in [7, 11) is -6.05. The number of hydrogen-bond donors (Lipinski definition) is 0. The van der Waals surface area contributed by atoms with E-state index in [0.717, 1.165) is 131 Å². The monoisotopic (exact) mass is 1520 g/mol. The second-order valence-corrected chi connectivity index (χ2v) is 34.6. The first-order chi connectivity index (χ1) is 53.6. The van der Waals surface area contributed by atoms with Crippen LogP contribution in [0.15, 0.2) is 368 Å². The molecule has 1 saturated heterocycles. The van der Waals surface area contributed by atoms with Crippen LogP contribution in [0.1, 0.15) is 27.7 Å². The molecule has 14 aromatic carbocycles. The molecule has 0 amide bonds. The van der Waals surface area contributed by atoms with Crippen molar-refractivity contribution in [1.29, 1.82) is 0 Å². The molecule has 0 spiro atoms. The second kappa shape index (κ2) is 29.9. The zero-order chi connectivity index (χ0) is 75.0. The van der Waals surface area contributed by atoms with Crippen LogP contribution >= 0.6 is 30.2 Å². The van der Waals surface area contributed by atoms with Crippen molar-refractivity contribution in [3.63, 3.8) is 0 Å². The van der Waals surface area contributed by atoms with Crippen LogP contribution in [0.5, 0.6) is 0 Å². The Balaban J connectivity index is 0.000000130. The summed E-state index contributed by atoms with van der Waals surface area (Å²) in [5, 5.41) is 5.51. The van der Waals surface area contributed by atoms with Gasteiger partial charge >= 0.3 is 7.12 Å². The summed E-state index contributed by atoms with van der Waals surface area (Å²) in [5.41, 5.74) is 16.9. The number of hydrogen-bond acceptors (Lipinski definition) is 10. The third-order valence-electron chi connectivity index (χ3n) is 21.0. The van der Waals surface area contributed by atoms with Crippen LogP contribution in [-0.2, 0) is 18.4 Å². The number of aromatic nitrogens is 6. The first-order valence-corrected chi connectivity index (χ1v) is 40.8. The first-order valence-electron chi connectivity index (χ1n) is 36.6. The minimum atomic E-state index is -2.94. The molecule has 0 aliphatic carbocycles. The van der Waals surface area contributed by atoms with E-state index in [4.69, 9.17) is 39.2 Å². The molecule has 0 saturated carbocycles. The molecule has 2 aromatic heterocycles. The SMILES string of the molecule is CC1(C)OB(c2ccc(-c3ccc(-c4nc(-c5ccccc5)nc(-c5ccccc5)n4)cc3)cc2)OC1(C)C.O=P1(c2ccc(-c3ccc(-c4ccc(-c5nc(-c6ccccc6)nc(-c6ccccc6)n5)cc4)cc3)cc2)c2ccccc2-c2ccccc21.O=P1(c2ccc(Br)cc2)c2ccccc2-c2ccccc21. The third kappa shape index (κ3) is 13.8. The molecular weight excluding hydrogens is 1450 g/mol. The van der Waals surface area contributed by atoms with Crippen LogP contribution in [0.25, 0.3) is 124 Å². The summed E-state index contributed by atoms with van der Waals surface area (Å²) in [5.74, 6) is 3.88. The fourth-order valence-corrected chi connectivity index (χ4v) is 20.8. The Morgan fingerprint density at radius 2 is 0.445 bits per heavy atom. The normalized spacial score (nSPS) is 14.1. The smallest absolute Gasteiger partial charge is 0.399 e. The van der Waals surface area contributed by atoms with Crippen LogP contribution in [0.3, 0.4) is 0 Å². The first kappa shape index (κ1) is 71.0. The van der Waals surface area contributed by atoms with Crippen molar-refractivity contribution in [3.05, 3.63) is 368 Å². The average molecular weight is 1530 g/mol. The maximum absolute atomic E-state index is 14.8. The van der Waals surface area contributed by atoms with Crippen LogP contribution in [0.2, 0.25) is 0 Å². The summed E-state index contributed by atoms with van der Waals surface area (Å²) in [6.07, 6.45) is 0. The Bertz CT molecular complexity index is 5920. The summed E-state index contributed by atoms with van der Waals surface area (Å²) in [6, 6.07) is 122. The molecule has 19 rings (SSSR count). The number of fused-ring (bicyclic) bond motifs is 6. The Morgan fingerprint density at radius 1 is 0.245 bits per heavy atom. The number of rotatable bonds is 12. The molecule has 530 valence electrons. The average Bonchev–Trinajstić information content (AvgIpc) is 1.57. The molecule has 110 heavy (non-hydrogen) atoms. The lowest BCUT2D eigenvalue weighted by Crippen LogP contribution is -2.41. The molecule has 3 aliphatic rings. The lowest BCUT2D eigenvalue weighted by atomic mass is 9.78. The minimum Gasteiger partial charge on any atom is -0.399 e. The maximum atomic E-state index is 14.8. The Kier molecular flexibility index (Phi) is 19.3. The van der Waals surface area contributed by atoms with Crippen molar-refractivity contribution in [2.24, 2.45) is 0 Å². The Labute approximate surface area is 649 Å². The van der Waals surface area contributed by atoms with E-state index < -0.39 is 14.3 Å². The van der Waals surface area contributed by atoms with Gasteiger partial charge in [-0.05, 0) is 113 Å². The predicted molar refractivity (Wildman–Crippen MR) is 455 cm³/mol. The lowest BCUT2D eigenvalue weighted by Gasteiger charge is -2.32.